The molecule has 0 aromatic heterocycles. The molecule has 1 aliphatic heterocycles. The number of nitrogens with one attached hydrogen (secondary N) is 1. The summed E-state index contributed by atoms with van der Waals surface area (Å²) in [5.74, 6) is -1.58. The molecule has 0 bridgehead atoms. The highest BCUT2D eigenvalue weighted by Crippen LogP contribution is 2.39. The molecule has 1 aromatic carbocycles. The Hall–Kier alpha value is -2.38. The van der Waals surface area contributed by atoms with Crippen LogP contribution in [-0.4, -0.2) is 67.8 Å². The number of ether oxygens (including phenoxy) is 1. The van der Waals surface area contributed by atoms with E-state index in [-0.39, 0.29) is 25.4 Å². The number of benzene rings is 1. The molecule has 2 fully saturated rings. The van der Waals surface area contributed by atoms with E-state index < -0.39 is 60.6 Å². The van der Waals surface area contributed by atoms with Crippen LogP contribution in [0.3, 0.4) is 0 Å². The Morgan fingerprint density at radius 3 is 2.45 bits per heavy atom. The van der Waals surface area contributed by atoms with Gasteiger partial charge in [0.05, 0.1) is 24.4 Å². The Labute approximate surface area is 185 Å². The summed E-state index contributed by atoms with van der Waals surface area (Å²) in [6.45, 7) is -2.15. The van der Waals surface area contributed by atoms with Gasteiger partial charge in [-0.25, -0.2) is 0 Å². The van der Waals surface area contributed by atoms with Gasteiger partial charge in [-0.2, -0.15) is 26.3 Å². The molecule has 184 valence electrons. The van der Waals surface area contributed by atoms with Crippen molar-refractivity contribution in [2.45, 2.75) is 43.7 Å². The number of anilines is 2. The summed E-state index contributed by atoms with van der Waals surface area (Å²) in [7, 11) is 0. The molecule has 2 amide bonds. The molecule has 0 unspecified atom stereocenters. The second-order valence-electron chi connectivity index (χ2n) is 7.94. The molecule has 1 aromatic rings. The predicted molar refractivity (Wildman–Crippen MR) is 106 cm³/mol. The van der Waals surface area contributed by atoms with Crippen molar-refractivity contribution in [2.75, 3.05) is 43.1 Å². The van der Waals surface area contributed by atoms with Gasteiger partial charge in [0.25, 0.3) is 5.91 Å². The number of halogens is 6. The number of carbonyl (C=O) groups is 2. The van der Waals surface area contributed by atoms with Gasteiger partial charge in [-0.15, -0.1) is 0 Å². The Morgan fingerprint density at radius 1 is 1.24 bits per heavy atom. The van der Waals surface area contributed by atoms with Crippen molar-refractivity contribution in [1.29, 1.82) is 0 Å². The zero-order valence-electron chi connectivity index (χ0n) is 17.5. The van der Waals surface area contributed by atoms with Gasteiger partial charge in [0.2, 0.25) is 5.91 Å². The quantitative estimate of drug-likeness (QED) is 0.584. The number of nitrogens with two attached hydrogens (primary N) is 1. The molecule has 3 rings (SSSR count). The van der Waals surface area contributed by atoms with Crippen molar-refractivity contribution in [3.05, 3.63) is 23.8 Å². The van der Waals surface area contributed by atoms with E-state index in [0.717, 1.165) is 21.9 Å². The fourth-order valence-corrected chi connectivity index (χ4v) is 3.89. The number of hydrogen-bond donors (Lipinski definition) is 2. The number of hydrogen-bond acceptors (Lipinski definition) is 5. The topological polar surface area (TPSA) is 87.9 Å². The molecule has 0 spiro atoms. The van der Waals surface area contributed by atoms with Crippen molar-refractivity contribution in [1.82, 2.24) is 4.90 Å². The maximum atomic E-state index is 13.7. The van der Waals surface area contributed by atoms with E-state index in [9.17, 15) is 35.9 Å². The highest BCUT2D eigenvalue weighted by atomic mass is 19.4. The van der Waals surface area contributed by atoms with Crippen molar-refractivity contribution >= 4 is 23.2 Å². The van der Waals surface area contributed by atoms with Crippen LogP contribution in [0.2, 0.25) is 0 Å². The summed E-state index contributed by atoms with van der Waals surface area (Å²) < 4.78 is 85.3. The van der Waals surface area contributed by atoms with Crippen LogP contribution in [0.5, 0.6) is 0 Å². The van der Waals surface area contributed by atoms with Crippen LogP contribution >= 0.6 is 0 Å². The van der Waals surface area contributed by atoms with Gasteiger partial charge >= 0.3 is 12.4 Å². The number of nitrogens with zero attached hydrogens (tertiary/aromatic N) is 2. The van der Waals surface area contributed by atoms with Crippen LogP contribution in [0.1, 0.15) is 24.8 Å². The SMILES string of the molecule is NC[C@H](C(=O)Nc1ccc(N2CCOCC2=O)c(C(F)(F)F)c1)N(CC(F)(F)F)C1CCC1. The largest absolute Gasteiger partial charge is 0.418 e. The van der Waals surface area contributed by atoms with E-state index in [0.29, 0.717) is 25.3 Å². The number of carbonyl (C=O) groups excluding carboxylic acids is 2. The minimum absolute atomic E-state index is 0.0654. The van der Waals surface area contributed by atoms with E-state index in [2.05, 4.69) is 5.32 Å². The molecular weight excluding hydrogens is 458 g/mol. The van der Waals surface area contributed by atoms with Crippen LogP contribution in [0.25, 0.3) is 0 Å². The van der Waals surface area contributed by atoms with Crippen LogP contribution in [-0.2, 0) is 20.5 Å². The van der Waals surface area contributed by atoms with E-state index in [1.165, 1.54) is 0 Å². The fourth-order valence-electron chi connectivity index (χ4n) is 3.89. The average Bonchev–Trinajstić information content (AvgIpc) is 2.66. The molecule has 0 radical (unpaired) electrons. The minimum atomic E-state index is -4.85. The summed E-state index contributed by atoms with van der Waals surface area (Å²) in [5, 5.41) is 2.26. The standard InChI is InChI=1S/C20H24F6N4O3/c21-19(22,23)11-30(13-2-1-3-13)16(9-27)18(32)28-12-4-5-15(14(8-12)20(24,25)26)29-6-7-33-10-17(29)31/h4-5,8,13,16H,1-3,6-7,9-11,27H2,(H,28,32)/t16-/m1/s1. The monoisotopic (exact) mass is 482 g/mol. The average molecular weight is 482 g/mol. The highest BCUT2D eigenvalue weighted by molar-refractivity contribution is 5.98. The first kappa shape index (κ1) is 25.2. The highest BCUT2D eigenvalue weighted by Gasteiger charge is 2.42. The second-order valence-corrected chi connectivity index (χ2v) is 7.94. The lowest BCUT2D eigenvalue weighted by Crippen LogP contribution is -2.57. The summed E-state index contributed by atoms with van der Waals surface area (Å²) in [6, 6.07) is 1.01. The van der Waals surface area contributed by atoms with Gasteiger partial charge in [-0.1, -0.05) is 6.42 Å². The zero-order valence-corrected chi connectivity index (χ0v) is 17.5. The Bertz CT molecular complexity index is 872. The Kier molecular flexibility index (Phi) is 7.54. The summed E-state index contributed by atoms with van der Waals surface area (Å²) >= 11 is 0. The fraction of sp³-hybridized carbons (Fsp3) is 0.600. The van der Waals surface area contributed by atoms with Crippen molar-refractivity contribution in [2.24, 2.45) is 5.73 Å². The molecule has 1 saturated heterocycles. The zero-order chi connectivity index (χ0) is 24.4. The summed E-state index contributed by atoms with van der Waals surface area (Å²) in [4.78, 5) is 26.7. The van der Waals surface area contributed by atoms with Crippen LogP contribution in [0.4, 0.5) is 37.7 Å². The Balaban J connectivity index is 1.85. The van der Waals surface area contributed by atoms with E-state index >= 15 is 0 Å². The van der Waals surface area contributed by atoms with Crippen LogP contribution < -0.4 is 16.0 Å². The number of rotatable bonds is 7. The maximum Gasteiger partial charge on any atom is 0.418 e. The normalized spacial score (nSPS) is 18.9. The third kappa shape index (κ3) is 6.15. The maximum absolute atomic E-state index is 13.7. The molecule has 2 aliphatic rings. The lowest BCUT2D eigenvalue weighted by Gasteiger charge is -2.41. The molecular formula is C20H24F6N4O3. The molecule has 33 heavy (non-hydrogen) atoms. The van der Waals surface area contributed by atoms with Gasteiger partial charge in [-0.3, -0.25) is 14.5 Å². The van der Waals surface area contributed by atoms with Gasteiger partial charge in [0.1, 0.15) is 12.6 Å². The summed E-state index contributed by atoms with van der Waals surface area (Å²) in [6.07, 6.45) is -7.76. The lowest BCUT2D eigenvalue weighted by atomic mass is 9.90. The minimum Gasteiger partial charge on any atom is -0.370 e. The predicted octanol–water partition coefficient (Wildman–Crippen LogP) is 2.75. The van der Waals surface area contributed by atoms with Crippen LogP contribution in [0, 0.1) is 0 Å². The number of amides is 2. The van der Waals surface area contributed by atoms with Gasteiger partial charge in [0.15, 0.2) is 0 Å². The number of alkyl halides is 6. The second kappa shape index (κ2) is 9.85. The molecule has 1 saturated carbocycles. The van der Waals surface area contributed by atoms with E-state index in [1.54, 1.807) is 0 Å². The molecule has 3 N–H and O–H groups in total. The van der Waals surface area contributed by atoms with Crippen LogP contribution in [0.15, 0.2) is 18.2 Å². The third-order valence-corrected chi connectivity index (χ3v) is 5.68. The van der Waals surface area contributed by atoms with Crippen molar-refractivity contribution in [3.8, 4) is 0 Å². The van der Waals surface area contributed by atoms with E-state index in [4.69, 9.17) is 10.5 Å². The third-order valence-electron chi connectivity index (χ3n) is 5.68. The Morgan fingerprint density at radius 2 is 1.94 bits per heavy atom. The lowest BCUT2D eigenvalue weighted by molar-refractivity contribution is -0.162. The summed E-state index contributed by atoms with van der Waals surface area (Å²) in [5.41, 5.74) is 3.77. The first-order chi connectivity index (χ1) is 15.4. The van der Waals surface area contributed by atoms with Crippen molar-refractivity contribution in [3.63, 3.8) is 0 Å². The smallest absolute Gasteiger partial charge is 0.370 e. The first-order valence-electron chi connectivity index (χ1n) is 10.3. The van der Waals surface area contributed by atoms with Gasteiger partial charge in [-0.05, 0) is 31.0 Å². The molecule has 7 nitrogen and oxygen atoms in total. The molecule has 1 heterocycles. The number of morpholine rings is 1. The molecule has 1 atom stereocenters. The van der Waals surface area contributed by atoms with E-state index in [1.807, 2.05) is 0 Å². The molecule has 13 heteroatoms. The molecule has 1 aliphatic carbocycles. The van der Waals surface area contributed by atoms with Gasteiger partial charge < -0.3 is 20.7 Å². The van der Waals surface area contributed by atoms with Gasteiger partial charge in [0, 0.05) is 24.8 Å². The van der Waals surface area contributed by atoms with Crippen molar-refractivity contribution < 1.29 is 40.7 Å². The first-order valence-corrected chi connectivity index (χ1v) is 10.3.